The molecule has 2 aliphatic rings. The highest BCUT2D eigenvalue weighted by atomic mass is 32.2. The minimum atomic E-state index is -0.318. The minimum Gasteiger partial charge on any atom is -0.465 e. The van der Waals surface area contributed by atoms with Gasteiger partial charge >= 0.3 is 5.97 Å². The van der Waals surface area contributed by atoms with Crippen molar-refractivity contribution in [1.29, 1.82) is 0 Å². The summed E-state index contributed by atoms with van der Waals surface area (Å²) >= 11 is 1.66. The van der Waals surface area contributed by atoms with E-state index in [2.05, 4.69) is 4.90 Å². The predicted octanol–water partition coefficient (Wildman–Crippen LogP) is 3.89. The molecule has 2 unspecified atom stereocenters. The monoisotopic (exact) mass is 361 g/mol. The fourth-order valence-corrected chi connectivity index (χ4v) is 5.00. The first kappa shape index (κ1) is 18.3. The molecule has 0 bridgehead atoms. The van der Waals surface area contributed by atoms with Gasteiger partial charge in [-0.05, 0) is 49.3 Å². The van der Waals surface area contributed by atoms with Crippen molar-refractivity contribution in [3.63, 3.8) is 0 Å². The second-order valence-electron chi connectivity index (χ2n) is 7.02. The number of carbonyl (C=O) groups is 2. The number of ether oxygens (including phenoxy) is 1. The van der Waals surface area contributed by atoms with Crippen molar-refractivity contribution in [1.82, 2.24) is 4.90 Å². The lowest BCUT2D eigenvalue weighted by Gasteiger charge is -2.44. The van der Waals surface area contributed by atoms with Gasteiger partial charge in [-0.2, -0.15) is 0 Å². The first-order valence-corrected chi connectivity index (χ1v) is 10.4. The number of carbonyl (C=O) groups excluding carboxylic acids is 2. The Morgan fingerprint density at radius 2 is 1.84 bits per heavy atom. The molecule has 1 heterocycles. The van der Waals surface area contributed by atoms with E-state index in [1.165, 1.54) is 39.2 Å². The summed E-state index contributed by atoms with van der Waals surface area (Å²) in [6, 6.07) is 7.92. The maximum Gasteiger partial charge on any atom is 0.337 e. The van der Waals surface area contributed by atoms with Crippen molar-refractivity contribution in [3.05, 3.63) is 35.4 Å². The van der Waals surface area contributed by atoms with Gasteiger partial charge in [-0.1, -0.05) is 25.0 Å². The third-order valence-electron chi connectivity index (χ3n) is 5.43. The molecule has 136 valence electrons. The smallest absolute Gasteiger partial charge is 0.337 e. The predicted molar refractivity (Wildman–Crippen MR) is 101 cm³/mol. The van der Waals surface area contributed by atoms with Crippen LogP contribution in [0.15, 0.2) is 24.3 Å². The van der Waals surface area contributed by atoms with Crippen LogP contribution in [0.25, 0.3) is 0 Å². The van der Waals surface area contributed by atoms with Gasteiger partial charge < -0.3 is 9.64 Å². The van der Waals surface area contributed by atoms with Crippen molar-refractivity contribution >= 4 is 23.6 Å². The largest absolute Gasteiger partial charge is 0.465 e. The highest BCUT2D eigenvalue weighted by Gasteiger charge is 2.35. The fourth-order valence-electron chi connectivity index (χ4n) is 4.13. The number of rotatable bonds is 5. The highest BCUT2D eigenvalue weighted by Crippen LogP contribution is 2.35. The maximum absolute atomic E-state index is 12.7. The third kappa shape index (κ3) is 4.57. The van der Waals surface area contributed by atoms with E-state index in [1.807, 2.05) is 12.1 Å². The number of hydrogen-bond acceptors (Lipinski definition) is 4. The molecule has 0 spiro atoms. The van der Waals surface area contributed by atoms with E-state index in [0.717, 1.165) is 30.2 Å². The van der Waals surface area contributed by atoms with Gasteiger partial charge in [0.25, 0.3) is 0 Å². The molecule has 1 saturated carbocycles. The van der Waals surface area contributed by atoms with Crippen LogP contribution < -0.4 is 0 Å². The SMILES string of the molecule is COC(=O)c1ccc(CSCC(=O)N2CCCC3CCCCC32)cc1. The van der Waals surface area contributed by atoms with Gasteiger partial charge in [0.1, 0.15) is 0 Å². The van der Waals surface area contributed by atoms with Crippen LogP contribution in [0.5, 0.6) is 0 Å². The van der Waals surface area contributed by atoms with Crippen LogP contribution in [0.2, 0.25) is 0 Å². The van der Waals surface area contributed by atoms with E-state index in [4.69, 9.17) is 4.74 Å². The highest BCUT2D eigenvalue weighted by molar-refractivity contribution is 7.99. The van der Waals surface area contributed by atoms with E-state index in [0.29, 0.717) is 23.3 Å². The lowest BCUT2D eigenvalue weighted by atomic mass is 9.78. The molecule has 0 N–H and O–H groups in total. The third-order valence-corrected chi connectivity index (χ3v) is 6.42. The number of nitrogens with zero attached hydrogens (tertiary/aromatic N) is 1. The summed E-state index contributed by atoms with van der Waals surface area (Å²) < 4.78 is 4.70. The molecule has 1 aromatic rings. The van der Waals surface area contributed by atoms with Crippen LogP contribution in [-0.2, 0) is 15.3 Å². The van der Waals surface area contributed by atoms with Crippen molar-refractivity contribution in [2.75, 3.05) is 19.4 Å². The standard InChI is InChI=1S/C20H27NO3S/c1-24-20(23)17-10-8-15(9-11-17)13-25-14-19(22)21-12-4-6-16-5-2-3-7-18(16)21/h8-11,16,18H,2-7,12-14H2,1H3. The Kier molecular flexibility index (Phi) is 6.40. The van der Waals surface area contributed by atoms with Crippen LogP contribution >= 0.6 is 11.8 Å². The van der Waals surface area contributed by atoms with Gasteiger partial charge in [0.15, 0.2) is 0 Å². The Labute approximate surface area is 154 Å². The summed E-state index contributed by atoms with van der Waals surface area (Å²) in [7, 11) is 1.38. The van der Waals surface area contributed by atoms with E-state index in [9.17, 15) is 9.59 Å². The lowest BCUT2D eigenvalue weighted by Crippen LogP contribution is -2.50. The number of methoxy groups -OCH3 is 1. The molecule has 1 saturated heterocycles. The zero-order chi connectivity index (χ0) is 17.6. The minimum absolute atomic E-state index is 0.299. The summed E-state index contributed by atoms with van der Waals surface area (Å²) in [6.07, 6.45) is 7.55. The Bertz CT molecular complexity index is 599. The van der Waals surface area contributed by atoms with Crippen LogP contribution in [-0.4, -0.2) is 42.2 Å². The molecule has 2 fully saturated rings. The molecule has 3 rings (SSSR count). The zero-order valence-electron chi connectivity index (χ0n) is 14.9. The van der Waals surface area contributed by atoms with Gasteiger partial charge in [0, 0.05) is 18.3 Å². The average Bonchev–Trinajstić information content (AvgIpc) is 2.67. The molecule has 2 atom stereocenters. The summed E-state index contributed by atoms with van der Waals surface area (Å²) in [4.78, 5) is 26.3. The normalized spacial score (nSPS) is 23.0. The average molecular weight is 362 g/mol. The summed E-state index contributed by atoms with van der Waals surface area (Å²) in [5.74, 6) is 2.05. The summed E-state index contributed by atoms with van der Waals surface area (Å²) in [5, 5.41) is 0. The second-order valence-corrected chi connectivity index (χ2v) is 8.01. The van der Waals surface area contributed by atoms with E-state index >= 15 is 0 Å². The molecule has 0 aromatic heterocycles. The van der Waals surface area contributed by atoms with Gasteiger partial charge in [-0.15, -0.1) is 11.8 Å². The first-order valence-electron chi connectivity index (χ1n) is 9.23. The molecule has 1 aromatic carbocycles. The summed E-state index contributed by atoms with van der Waals surface area (Å²) in [6.45, 7) is 0.939. The molecule has 5 heteroatoms. The van der Waals surface area contributed by atoms with Crippen molar-refractivity contribution in [2.24, 2.45) is 5.92 Å². The Morgan fingerprint density at radius 1 is 1.12 bits per heavy atom. The van der Waals surface area contributed by atoms with Gasteiger partial charge in [0.2, 0.25) is 5.91 Å². The summed E-state index contributed by atoms with van der Waals surface area (Å²) in [5.41, 5.74) is 1.68. The molecule has 25 heavy (non-hydrogen) atoms. The molecular weight excluding hydrogens is 334 g/mol. The first-order chi connectivity index (χ1) is 12.2. The van der Waals surface area contributed by atoms with Crippen LogP contribution in [0.1, 0.15) is 54.4 Å². The van der Waals surface area contributed by atoms with Crippen LogP contribution in [0.3, 0.4) is 0 Å². The number of hydrogen-bond donors (Lipinski definition) is 0. The van der Waals surface area contributed by atoms with Crippen LogP contribution in [0.4, 0.5) is 0 Å². The van der Waals surface area contributed by atoms with Crippen molar-refractivity contribution in [3.8, 4) is 0 Å². The zero-order valence-corrected chi connectivity index (χ0v) is 15.7. The van der Waals surface area contributed by atoms with Gasteiger partial charge in [-0.3, -0.25) is 4.79 Å². The number of thioether (sulfide) groups is 1. The van der Waals surface area contributed by atoms with Crippen LogP contribution in [0, 0.1) is 5.92 Å². The number of likely N-dealkylation sites (tertiary alicyclic amines) is 1. The number of piperidine rings is 1. The quantitative estimate of drug-likeness (QED) is 0.747. The van der Waals surface area contributed by atoms with E-state index in [1.54, 1.807) is 23.9 Å². The topological polar surface area (TPSA) is 46.6 Å². The number of esters is 1. The molecule has 1 aliphatic carbocycles. The second kappa shape index (κ2) is 8.75. The molecule has 1 aliphatic heterocycles. The number of benzene rings is 1. The van der Waals surface area contributed by atoms with Crippen molar-refractivity contribution in [2.45, 2.75) is 50.3 Å². The Morgan fingerprint density at radius 3 is 2.60 bits per heavy atom. The lowest BCUT2D eigenvalue weighted by molar-refractivity contribution is -0.134. The van der Waals surface area contributed by atoms with E-state index < -0.39 is 0 Å². The fraction of sp³-hybridized carbons (Fsp3) is 0.600. The van der Waals surface area contributed by atoms with E-state index in [-0.39, 0.29) is 5.97 Å². The molecule has 1 amide bonds. The Balaban J connectivity index is 1.48. The molecule has 4 nitrogen and oxygen atoms in total. The number of amides is 1. The molecular formula is C20H27NO3S. The molecule has 0 radical (unpaired) electrons. The van der Waals surface area contributed by atoms with Gasteiger partial charge in [0.05, 0.1) is 18.4 Å². The van der Waals surface area contributed by atoms with Gasteiger partial charge in [-0.25, -0.2) is 4.79 Å². The van der Waals surface area contributed by atoms with Crippen molar-refractivity contribution < 1.29 is 14.3 Å². The Hall–Kier alpha value is -1.49. The number of fused-ring (bicyclic) bond motifs is 1. The maximum atomic E-state index is 12.7.